The van der Waals surface area contributed by atoms with Crippen LogP contribution in [0.3, 0.4) is 0 Å². The van der Waals surface area contributed by atoms with E-state index < -0.39 is 0 Å². The average Bonchev–Trinajstić information content (AvgIpc) is 2.65. The molecule has 0 saturated heterocycles. The fraction of sp³-hybridized carbons (Fsp3) is 1.00. The lowest BCUT2D eigenvalue weighted by Crippen LogP contribution is -2.42. The first-order valence-corrected chi connectivity index (χ1v) is 7.86. The lowest BCUT2D eigenvalue weighted by molar-refractivity contribution is 0.227. The molecule has 0 bridgehead atoms. The van der Waals surface area contributed by atoms with Crippen molar-refractivity contribution in [3.8, 4) is 0 Å². The predicted molar refractivity (Wildman–Crippen MR) is 73.5 cm³/mol. The minimum Gasteiger partial charge on any atom is -0.271 e. The largest absolute Gasteiger partial charge is 0.271 e. The molecule has 0 aromatic carbocycles. The van der Waals surface area contributed by atoms with E-state index in [4.69, 9.17) is 5.84 Å². The maximum absolute atomic E-state index is 5.81. The van der Waals surface area contributed by atoms with Gasteiger partial charge in [0.1, 0.15) is 0 Å². The normalized spacial score (nSPS) is 26.6. The molecule has 2 heteroatoms. The van der Waals surface area contributed by atoms with E-state index in [1.807, 2.05) is 0 Å². The minimum atomic E-state index is 0.596. The zero-order valence-electron chi connectivity index (χ0n) is 11.3. The highest BCUT2D eigenvalue weighted by Crippen LogP contribution is 2.32. The summed E-state index contributed by atoms with van der Waals surface area (Å²) in [4.78, 5) is 0. The topological polar surface area (TPSA) is 38.0 Å². The standard InChI is InChI=1S/C15H30N2/c16-17-15(14-10-6-3-7-11-14)12-13-8-4-1-2-5-9-13/h13-15,17H,1-12,16H2. The van der Waals surface area contributed by atoms with Crippen LogP contribution < -0.4 is 11.3 Å². The number of hydrogen-bond donors (Lipinski definition) is 2. The zero-order chi connectivity index (χ0) is 11.9. The summed E-state index contributed by atoms with van der Waals surface area (Å²) in [5, 5.41) is 0. The summed E-state index contributed by atoms with van der Waals surface area (Å²) in [5.74, 6) is 7.61. The molecule has 0 radical (unpaired) electrons. The first-order chi connectivity index (χ1) is 8.40. The summed E-state index contributed by atoms with van der Waals surface area (Å²) in [6.45, 7) is 0. The summed E-state index contributed by atoms with van der Waals surface area (Å²) in [6, 6.07) is 0.596. The SMILES string of the molecule is NNC(CC1CCCCCC1)C1CCCCC1. The van der Waals surface area contributed by atoms with Crippen LogP contribution in [0.4, 0.5) is 0 Å². The number of rotatable bonds is 4. The molecule has 1 atom stereocenters. The molecule has 1 unspecified atom stereocenters. The first kappa shape index (κ1) is 13.4. The molecule has 0 spiro atoms. The fourth-order valence-corrected chi connectivity index (χ4v) is 3.89. The monoisotopic (exact) mass is 238 g/mol. The molecule has 0 aromatic rings. The number of nitrogens with one attached hydrogen (secondary N) is 1. The van der Waals surface area contributed by atoms with Gasteiger partial charge in [0.15, 0.2) is 0 Å². The molecule has 0 amide bonds. The van der Waals surface area contributed by atoms with Crippen molar-refractivity contribution in [2.24, 2.45) is 17.7 Å². The summed E-state index contributed by atoms with van der Waals surface area (Å²) < 4.78 is 0. The summed E-state index contributed by atoms with van der Waals surface area (Å²) >= 11 is 0. The smallest absolute Gasteiger partial charge is 0.0241 e. The van der Waals surface area contributed by atoms with Crippen LogP contribution in [-0.2, 0) is 0 Å². The van der Waals surface area contributed by atoms with Crippen molar-refractivity contribution in [1.29, 1.82) is 0 Å². The van der Waals surface area contributed by atoms with Crippen LogP contribution in [-0.4, -0.2) is 6.04 Å². The number of hydrogen-bond acceptors (Lipinski definition) is 2. The van der Waals surface area contributed by atoms with Crippen molar-refractivity contribution in [3.05, 3.63) is 0 Å². The van der Waals surface area contributed by atoms with E-state index in [1.54, 1.807) is 0 Å². The van der Waals surface area contributed by atoms with Crippen molar-refractivity contribution in [3.63, 3.8) is 0 Å². The highest BCUT2D eigenvalue weighted by molar-refractivity contribution is 4.81. The zero-order valence-corrected chi connectivity index (χ0v) is 11.3. The molecule has 0 aromatic heterocycles. The second kappa shape index (κ2) is 7.38. The van der Waals surface area contributed by atoms with Crippen LogP contribution in [0.1, 0.15) is 77.0 Å². The van der Waals surface area contributed by atoms with Crippen molar-refractivity contribution in [2.75, 3.05) is 0 Å². The van der Waals surface area contributed by atoms with E-state index in [0.29, 0.717) is 6.04 Å². The summed E-state index contributed by atoms with van der Waals surface area (Å²) in [6.07, 6.45) is 17.2. The Balaban J connectivity index is 1.80. The van der Waals surface area contributed by atoms with Crippen molar-refractivity contribution in [1.82, 2.24) is 5.43 Å². The van der Waals surface area contributed by atoms with E-state index in [0.717, 1.165) is 11.8 Å². The Kier molecular flexibility index (Phi) is 5.79. The van der Waals surface area contributed by atoms with E-state index in [-0.39, 0.29) is 0 Å². The molecule has 0 heterocycles. The molecule has 17 heavy (non-hydrogen) atoms. The maximum Gasteiger partial charge on any atom is 0.0241 e. The van der Waals surface area contributed by atoms with Gasteiger partial charge in [-0.1, -0.05) is 57.8 Å². The maximum atomic E-state index is 5.81. The summed E-state index contributed by atoms with van der Waals surface area (Å²) in [5.41, 5.74) is 3.14. The Labute approximate surface area is 107 Å². The molecular formula is C15H30N2. The molecule has 2 fully saturated rings. The molecule has 0 aliphatic heterocycles. The Morgan fingerprint density at radius 1 is 0.824 bits per heavy atom. The van der Waals surface area contributed by atoms with Crippen LogP contribution in [0.2, 0.25) is 0 Å². The second-order valence-electron chi connectivity index (χ2n) is 6.26. The molecule has 2 aliphatic rings. The highest BCUT2D eigenvalue weighted by atomic mass is 15.2. The van der Waals surface area contributed by atoms with Gasteiger partial charge in [0.25, 0.3) is 0 Å². The third-order valence-electron chi connectivity index (χ3n) is 4.99. The minimum absolute atomic E-state index is 0.596. The van der Waals surface area contributed by atoms with Crippen molar-refractivity contribution >= 4 is 0 Å². The molecule has 2 aliphatic carbocycles. The predicted octanol–water partition coefficient (Wildman–Crippen LogP) is 3.76. The van der Waals surface area contributed by atoms with Crippen LogP contribution in [0.25, 0.3) is 0 Å². The van der Waals surface area contributed by atoms with Gasteiger partial charge in [-0.25, -0.2) is 0 Å². The molecule has 2 nitrogen and oxygen atoms in total. The van der Waals surface area contributed by atoms with Gasteiger partial charge in [0.05, 0.1) is 0 Å². The third-order valence-corrected chi connectivity index (χ3v) is 4.99. The van der Waals surface area contributed by atoms with Gasteiger partial charge in [-0.2, -0.15) is 0 Å². The van der Waals surface area contributed by atoms with Gasteiger partial charge >= 0.3 is 0 Å². The lowest BCUT2D eigenvalue weighted by atomic mass is 9.79. The van der Waals surface area contributed by atoms with E-state index in [2.05, 4.69) is 5.43 Å². The van der Waals surface area contributed by atoms with E-state index in [9.17, 15) is 0 Å². The van der Waals surface area contributed by atoms with Gasteiger partial charge in [-0.15, -0.1) is 0 Å². The Morgan fingerprint density at radius 3 is 1.94 bits per heavy atom. The second-order valence-corrected chi connectivity index (χ2v) is 6.26. The molecule has 100 valence electrons. The lowest BCUT2D eigenvalue weighted by Gasteiger charge is -2.32. The van der Waals surface area contributed by atoms with E-state index >= 15 is 0 Å². The Morgan fingerprint density at radius 2 is 1.35 bits per heavy atom. The molecular weight excluding hydrogens is 208 g/mol. The fourth-order valence-electron chi connectivity index (χ4n) is 3.89. The Bertz CT molecular complexity index is 191. The highest BCUT2D eigenvalue weighted by Gasteiger charge is 2.25. The number of hydrazine groups is 1. The van der Waals surface area contributed by atoms with Crippen molar-refractivity contribution in [2.45, 2.75) is 83.1 Å². The average molecular weight is 238 g/mol. The van der Waals surface area contributed by atoms with Crippen LogP contribution >= 0.6 is 0 Å². The van der Waals surface area contributed by atoms with Crippen molar-refractivity contribution < 1.29 is 0 Å². The molecule has 2 rings (SSSR count). The van der Waals surface area contributed by atoms with Crippen LogP contribution in [0.5, 0.6) is 0 Å². The number of nitrogens with two attached hydrogens (primary N) is 1. The van der Waals surface area contributed by atoms with Gasteiger partial charge in [0, 0.05) is 6.04 Å². The quantitative estimate of drug-likeness (QED) is 0.444. The van der Waals surface area contributed by atoms with Crippen LogP contribution in [0.15, 0.2) is 0 Å². The summed E-state index contributed by atoms with van der Waals surface area (Å²) in [7, 11) is 0. The molecule has 2 saturated carbocycles. The first-order valence-electron chi connectivity index (χ1n) is 7.86. The van der Waals surface area contributed by atoms with Gasteiger partial charge in [-0.05, 0) is 31.1 Å². The van der Waals surface area contributed by atoms with Gasteiger partial charge in [0.2, 0.25) is 0 Å². The Hall–Kier alpha value is -0.0800. The van der Waals surface area contributed by atoms with Gasteiger partial charge in [-0.3, -0.25) is 11.3 Å². The molecule has 3 N–H and O–H groups in total. The van der Waals surface area contributed by atoms with E-state index in [1.165, 1.54) is 77.0 Å². The van der Waals surface area contributed by atoms with Crippen LogP contribution in [0, 0.1) is 11.8 Å². The third kappa shape index (κ3) is 4.26. The van der Waals surface area contributed by atoms with Gasteiger partial charge < -0.3 is 0 Å².